The zero-order chi connectivity index (χ0) is 14.2. The van der Waals surface area contributed by atoms with Gasteiger partial charge >= 0.3 is 0 Å². The molecule has 0 aliphatic heterocycles. The molecule has 0 fully saturated rings. The van der Waals surface area contributed by atoms with Crippen LogP contribution in [0.3, 0.4) is 0 Å². The Balaban J connectivity index is 1.82. The maximum Gasteiger partial charge on any atom is 0.0314 e. The van der Waals surface area contributed by atoms with Crippen LogP contribution in [0.15, 0.2) is 46.3 Å². The molecule has 0 radical (unpaired) electrons. The van der Waals surface area contributed by atoms with Crippen molar-refractivity contribution in [3.05, 3.63) is 56.7 Å². The maximum atomic E-state index is 3.63. The highest BCUT2D eigenvalue weighted by atomic mass is 79.9. The molecule has 1 nitrogen and oxygen atoms in total. The number of nitrogens with one attached hydrogen (secondary N) is 1. The van der Waals surface area contributed by atoms with Crippen molar-refractivity contribution >= 4 is 27.3 Å². The molecule has 0 aliphatic carbocycles. The molecule has 0 saturated heterocycles. The van der Waals surface area contributed by atoms with Gasteiger partial charge in [-0.15, -0.1) is 11.3 Å². The first-order valence-electron chi connectivity index (χ1n) is 7.28. The lowest BCUT2D eigenvalue weighted by Crippen LogP contribution is -2.30. The fraction of sp³-hybridized carbons (Fsp3) is 0.412. The number of thiophene rings is 1. The summed E-state index contributed by atoms with van der Waals surface area (Å²) < 4.78 is 1.26. The number of likely N-dealkylation sites (N-methyl/N-ethyl adjacent to an activating group) is 1. The minimum atomic E-state index is 0.582. The molecule has 2 rings (SSSR count). The van der Waals surface area contributed by atoms with E-state index in [0.29, 0.717) is 6.04 Å². The Morgan fingerprint density at radius 2 is 2.00 bits per heavy atom. The molecule has 2 aromatic rings. The number of halogens is 1. The molecule has 0 spiro atoms. The number of rotatable bonds is 8. The number of hydrogen-bond donors (Lipinski definition) is 1. The Morgan fingerprint density at radius 3 is 2.65 bits per heavy atom. The predicted octanol–water partition coefficient (Wildman–Crippen LogP) is 5.05. The van der Waals surface area contributed by atoms with Gasteiger partial charge in [0, 0.05) is 15.4 Å². The molecule has 1 atom stereocenters. The molecule has 0 amide bonds. The third kappa shape index (κ3) is 5.04. The largest absolute Gasteiger partial charge is 0.314 e. The first kappa shape index (κ1) is 15.7. The van der Waals surface area contributed by atoms with Crippen molar-refractivity contribution in [2.24, 2.45) is 0 Å². The molecule has 0 aliphatic rings. The SMILES string of the molecule is CCNC(CCCc1ccccc1)Cc1sccc1Br. The standard InChI is InChI=1S/C17H22BrNS/c1-2-19-15(13-17-16(18)11-12-20-17)10-6-9-14-7-4-3-5-8-14/h3-5,7-8,11-12,15,19H,2,6,9-10,13H2,1H3. The second kappa shape index (κ2) is 8.60. The summed E-state index contributed by atoms with van der Waals surface area (Å²) in [6.45, 7) is 3.23. The van der Waals surface area contributed by atoms with E-state index in [1.165, 1.54) is 34.2 Å². The highest BCUT2D eigenvalue weighted by Crippen LogP contribution is 2.25. The highest BCUT2D eigenvalue weighted by Gasteiger charge is 2.11. The van der Waals surface area contributed by atoms with Gasteiger partial charge in [-0.25, -0.2) is 0 Å². The molecule has 108 valence electrons. The van der Waals surface area contributed by atoms with E-state index < -0.39 is 0 Å². The molecule has 1 unspecified atom stereocenters. The van der Waals surface area contributed by atoms with Gasteiger partial charge in [-0.2, -0.15) is 0 Å². The maximum absolute atomic E-state index is 3.63. The Morgan fingerprint density at radius 1 is 1.20 bits per heavy atom. The molecule has 3 heteroatoms. The second-order valence-electron chi connectivity index (χ2n) is 5.03. The summed E-state index contributed by atoms with van der Waals surface area (Å²) in [5.74, 6) is 0. The van der Waals surface area contributed by atoms with Crippen LogP contribution in [0.2, 0.25) is 0 Å². The normalized spacial score (nSPS) is 12.5. The summed E-state index contributed by atoms with van der Waals surface area (Å²) in [6.07, 6.45) is 4.77. The van der Waals surface area contributed by atoms with Crippen molar-refractivity contribution in [1.82, 2.24) is 5.32 Å². The van der Waals surface area contributed by atoms with Crippen molar-refractivity contribution in [1.29, 1.82) is 0 Å². The number of aryl methyl sites for hydroxylation is 1. The molecule has 20 heavy (non-hydrogen) atoms. The van der Waals surface area contributed by atoms with Crippen LogP contribution in [0.5, 0.6) is 0 Å². The average molecular weight is 352 g/mol. The van der Waals surface area contributed by atoms with Crippen molar-refractivity contribution < 1.29 is 0 Å². The summed E-state index contributed by atoms with van der Waals surface area (Å²) in [5, 5.41) is 5.78. The zero-order valence-electron chi connectivity index (χ0n) is 11.9. The van der Waals surface area contributed by atoms with E-state index in [1.54, 1.807) is 0 Å². The van der Waals surface area contributed by atoms with E-state index in [1.807, 2.05) is 11.3 Å². The Kier molecular flexibility index (Phi) is 6.77. The lowest BCUT2D eigenvalue weighted by atomic mass is 10.0. The highest BCUT2D eigenvalue weighted by molar-refractivity contribution is 9.10. The van der Waals surface area contributed by atoms with Crippen molar-refractivity contribution in [3.63, 3.8) is 0 Å². The Labute approximate surface area is 134 Å². The molecule has 1 N–H and O–H groups in total. The Bertz CT molecular complexity index is 495. The number of hydrogen-bond acceptors (Lipinski definition) is 2. The molecule has 1 aromatic heterocycles. The summed E-state index contributed by atoms with van der Waals surface area (Å²) >= 11 is 5.48. The van der Waals surface area contributed by atoms with Crippen molar-refractivity contribution in [2.75, 3.05) is 6.54 Å². The van der Waals surface area contributed by atoms with E-state index in [0.717, 1.165) is 13.0 Å². The monoisotopic (exact) mass is 351 g/mol. The van der Waals surface area contributed by atoms with Crippen LogP contribution in [0.1, 0.15) is 30.2 Å². The smallest absolute Gasteiger partial charge is 0.0314 e. The minimum absolute atomic E-state index is 0.582. The molecule has 1 heterocycles. The lowest BCUT2D eigenvalue weighted by Gasteiger charge is -2.17. The predicted molar refractivity (Wildman–Crippen MR) is 92.6 cm³/mol. The fourth-order valence-corrected chi connectivity index (χ4v) is 4.05. The van der Waals surface area contributed by atoms with Crippen molar-refractivity contribution in [3.8, 4) is 0 Å². The van der Waals surface area contributed by atoms with Crippen LogP contribution < -0.4 is 5.32 Å². The van der Waals surface area contributed by atoms with Gasteiger partial charge in [-0.05, 0) is 65.2 Å². The van der Waals surface area contributed by atoms with Crippen LogP contribution in [0.4, 0.5) is 0 Å². The quantitative estimate of drug-likeness (QED) is 0.701. The zero-order valence-corrected chi connectivity index (χ0v) is 14.3. The third-order valence-electron chi connectivity index (χ3n) is 3.48. The van der Waals surface area contributed by atoms with Crippen LogP contribution in [0.25, 0.3) is 0 Å². The van der Waals surface area contributed by atoms with Gasteiger partial charge in [0.25, 0.3) is 0 Å². The van der Waals surface area contributed by atoms with Crippen LogP contribution >= 0.6 is 27.3 Å². The molecule has 1 aromatic carbocycles. The first-order chi connectivity index (χ1) is 9.79. The van der Waals surface area contributed by atoms with Gasteiger partial charge in [0.1, 0.15) is 0 Å². The lowest BCUT2D eigenvalue weighted by molar-refractivity contribution is 0.478. The second-order valence-corrected chi connectivity index (χ2v) is 6.88. The Hall–Kier alpha value is -0.640. The van der Waals surface area contributed by atoms with E-state index in [2.05, 4.69) is 69.9 Å². The van der Waals surface area contributed by atoms with Crippen LogP contribution in [-0.2, 0) is 12.8 Å². The van der Waals surface area contributed by atoms with Gasteiger partial charge in [-0.1, -0.05) is 37.3 Å². The molecule has 0 saturated carbocycles. The van der Waals surface area contributed by atoms with Gasteiger partial charge in [0.15, 0.2) is 0 Å². The summed E-state index contributed by atoms with van der Waals surface area (Å²) in [6, 6.07) is 13.5. The number of benzene rings is 1. The summed E-state index contributed by atoms with van der Waals surface area (Å²) in [5.41, 5.74) is 1.44. The minimum Gasteiger partial charge on any atom is -0.314 e. The van der Waals surface area contributed by atoms with Crippen LogP contribution in [0, 0.1) is 0 Å². The van der Waals surface area contributed by atoms with E-state index in [4.69, 9.17) is 0 Å². The van der Waals surface area contributed by atoms with E-state index in [9.17, 15) is 0 Å². The molecular weight excluding hydrogens is 330 g/mol. The van der Waals surface area contributed by atoms with Crippen molar-refractivity contribution in [2.45, 2.75) is 38.6 Å². The van der Waals surface area contributed by atoms with Gasteiger partial charge in [0.2, 0.25) is 0 Å². The topological polar surface area (TPSA) is 12.0 Å². The molecule has 0 bridgehead atoms. The van der Waals surface area contributed by atoms with Gasteiger partial charge in [0.05, 0.1) is 0 Å². The molecular formula is C17H22BrNS. The first-order valence-corrected chi connectivity index (χ1v) is 8.96. The average Bonchev–Trinajstić information content (AvgIpc) is 2.86. The van der Waals surface area contributed by atoms with E-state index >= 15 is 0 Å². The van der Waals surface area contributed by atoms with Crippen LogP contribution in [-0.4, -0.2) is 12.6 Å². The summed E-state index contributed by atoms with van der Waals surface area (Å²) in [7, 11) is 0. The fourth-order valence-electron chi connectivity index (χ4n) is 2.46. The summed E-state index contributed by atoms with van der Waals surface area (Å²) in [4.78, 5) is 1.45. The van der Waals surface area contributed by atoms with E-state index in [-0.39, 0.29) is 0 Å². The van der Waals surface area contributed by atoms with Gasteiger partial charge in [-0.3, -0.25) is 0 Å². The van der Waals surface area contributed by atoms with Gasteiger partial charge < -0.3 is 5.32 Å². The third-order valence-corrected chi connectivity index (χ3v) is 5.43.